The number of anilines is 1. The molecule has 4 N–H and O–H groups in total. The fourth-order valence-corrected chi connectivity index (χ4v) is 2.28. The summed E-state index contributed by atoms with van der Waals surface area (Å²) in [5.74, 6) is -0.983. The second-order valence-corrected chi connectivity index (χ2v) is 5.00. The average Bonchev–Trinajstić information content (AvgIpc) is 2.92. The van der Waals surface area contributed by atoms with Gasteiger partial charge >= 0.3 is 0 Å². The number of hydrogen-bond acceptors (Lipinski definition) is 3. The molecule has 1 atom stereocenters. The zero-order valence-electron chi connectivity index (χ0n) is 11.1. The number of primary amides is 1. The molecule has 2 amide bonds. The highest BCUT2D eigenvalue weighted by Gasteiger charge is 2.16. The van der Waals surface area contributed by atoms with Gasteiger partial charge in [-0.05, 0) is 50.0 Å². The Morgan fingerprint density at radius 2 is 2.25 bits per heavy atom. The molecule has 0 aromatic heterocycles. The van der Waals surface area contributed by atoms with Crippen molar-refractivity contribution in [2.24, 2.45) is 11.7 Å². The summed E-state index contributed by atoms with van der Waals surface area (Å²) in [6, 6.07) is 3.67. The molecule has 6 heteroatoms. The fraction of sp³-hybridized carbons (Fsp3) is 0.429. The van der Waals surface area contributed by atoms with Crippen LogP contribution in [0.5, 0.6) is 0 Å². The molecule has 0 aliphatic carbocycles. The number of hydrogen-bond donors (Lipinski definition) is 3. The highest BCUT2D eigenvalue weighted by atomic mass is 19.1. The van der Waals surface area contributed by atoms with Crippen LogP contribution in [0.4, 0.5) is 10.1 Å². The first-order valence-electron chi connectivity index (χ1n) is 6.66. The summed E-state index contributed by atoms with van der Waals surface area (Å²) in [7, 11) is 0. The largest absolute Gasteiger partial charge is 0.366 e. The minimum Gasteiger partial charge on any atom is -0.366 e. The van der Waals surface area contributed by atoms with Gasteiger partial charge in [-0.25, -0.2) is 4.39 Å². The van der Waals surface area contributed by atoms with Gasteiger partial charge in [-0.15, -0.1) is 0 Å². The molecule has 20 heavy (non-hydrogen) atoms. The number of halogens is 1. The first kappa shape index (κ1) is 14.5. The van der Waals surface area contributed by atoms with E-state index in [1.54, 1.807) is 0 Å². The summed E-state index contributed by atoms with van der Waals surface area (Å²) in [6.07, 6.45) is 2.18. The van der Waals surface area contributed by atoms with E-state index in [4.69, 9.17) is 5.73 Å². The lowest BCUT2D eigenvalue weighted by atomic mass is 10.0. The van der Waals surface area contributed by atoms with Crippen LogP contribution >= 0.6 is 0 Å². The molecular formula is C14H18FN3O2. The Kier molecular flexibility index (Phi) is 4.68. The Bertz CT molecular complexity index is 513. The zero-order valence-corrected chi connectivity index (χ0v) is 11.1. The lowest BCUT2D eigenvalue weighted by Crippen LogP contribution is -2.17. The maximum absolute atomic E-state index is 13.6. The van der Waals surface area contributed by atoms with Gasteiger partial charge < -0.3 is 16.4 Å². The van der Waals surface area contributed by atoms with Crippen LogP contribution in [0.25, 0.3) is 0 Å². The first-order valence-corrected chi connectivity index (χ1v) is 6.66. The molecule has 1 saturated heterocycles. The molecule has 1 aromatic carbocycles. The smallest absolute Gasteiger partial charge is 0.248 e. The SMILES string of the molecule is NC(=O)c1ccc(F)c(NC(=O)CCC2CCNC2)c1. The van der Waals surface area contributed by atoms with Crippen LogP contribution in [0.2, 0.25) is 0 Å². The molecule has 1 aromatic rings. The Labute approximate surface area is 116 Å². The number of benzene rings is 1. The summed E-state index contributed by atoms with van der Waals surface area (Å²) in [5.41, 5.74) is 5.29. The molecule has 0 saturated carbocycles. The maximum atomic E-state index is 13.6. The molecule has 2 rings (SSSR count). The highest BCUT2D eigenvalue weighted by Crippen LogP contribution is 2.18. The van der Waals surface area contributed by atoms with Crippen LogP contribution < -0.4 is 16.4 Å². The van der Waals surface area contributed by atoms with Crippen molar-refractivity contribution in [2.75, 3.05) is 18.4 Å². The van der Waals surface area contributed by atoms with E-state index < -0.39 is 11.7 Å². The molecule has 108 valence electrons. The van der Waals surface area contributed by atoms with Crippen molar-refractivity contribution in [3.05, 3.63) is 29.6 Å². The van der Waals surface area contributed by atoms with Gasteiger partial charge in [-0.2, -0.15) is 0 Å². The summed E-state index contributed by atoms with van der Waals surface area (Å²) in [4.78, 5) is 22.8. The Hall–Kier alpha value is -1.95. The summed E-state index contributed by atoms with van der Waals surface area (Å²) in [6.45, 7) is 1.92. The Balaban J connectivity index is 1.92. The summed E-state index contributed by atoms with van der Waals surface area (Å²) in [5, 5.41) is 5.72. The number of rotatable bonds is 5. The summed E-state index contributed by atoms with van der Waals surface area (Å²) >= 11 is 0. The molecule has 1 aliphatic rings. The van der Waals surface area contributed by atoms with E-state index in [9.17, 15) is 14.0 Å². The topological polar surface area (TPSA) is 84.2 Å². The first-order chi connectivity index (χ1) is 9.56. The molecular weight excluding hydrogens is 261 g/mol. The van der Waals surface area contributed by atoms with Crippen molar-refractivity contribution in [3.63, 3.8) is 0 Å². The van der Waals surface area contributed by atoms with E-state index in [0.717, 1.165) is 32.0 Å². The molecule has 1 aliphatic heterocycles. The fourth-order valence-electron chi connectivity index (χ4n) is 2.28. The van der Waals surface area contributed by atoms with Crippen LogP contribution in [0.15, 0.2) is 18.2 Å². The Morgan fingerprint density at radius 1 is 1.45 bits per heavy atom. The van der Waals surface area contributed by atoms with Crippen molar-refractivity contribution in [2.45, 2.75) is 19.3 Å². The molecule has 1 unspecified atom stereocenters. The van der Waals surface area contributed by atoms with Crippen LogP contribution in [0.3, 0.4) is 0 Å². The van der Waals surface area contributed by atoms with Crippen LogP contribution in [-0.2, 0) is 4.79 Å². The normalized spacial score (nSPS) is 17.9. The van der Waals surface area contributed by atoms with Gasteiger partial charge in [-0.3, -0.25) is 9.59 Å². The number of nitrogens with two attached hydrogens (primary N) is 1. The molecule has 0 bridgehead atoms. The van der Waals surface area contributed by atoms with E-state index >= 15 is 0 Å². The molecule has 1 heterocycles. The number of nitrogens with one attached hydrogen (secondary N) is 2. The second-order valence-electron chi connectivity index (χ2n) is 5.00. The van der Waals surface area contributed by atoms with E-state index in [1.165, 1.54) is 12.1 Å². The number of amides is 2. The van der Waals surface area contributed by atoms with Gasteiger partial charge in [0.15, 0.2) is 0 Å². The van der Waals surface area contributed by atoms with E-state index in [-0.39, 0.29) is 17.2 Å². The van der Waals surface area contributed by atoms with Crippen molar-refractivity contribution < 1.29 is 14.0 Å². The molecule has 0 radical (unpaired) electrons. The highest BCUT2D eigenvalue weighted by molar-refractivity contribution is 5.96. The number of carbonyl (C=O) groups excluding carboxylic acids is 2. The zero-order chi connectivity index (χ0) is 14.5. The van der Waals surface area contributed by atoms with Gasteiger partial charge in [0.05, 0.1) is 5.69 Å². The third kappa shape index (κ3) is 3.77. The summed E-state index contributed by atoms with van der Waals surface area (Å²) < 4.78 is 13.6. The van der Waals surface area contributed by atoms with E-state index in [2.05, 4.69) is 10.6 Å². The lowest BCUT2D eigenvalue weighted by molar-refractivity contribution is -0.116. The second kappa shape index (κ2) is 6.47. The van der Waals surface area contributed by atoms with Crippen molar-refractivity contribution in [1.29, 1.82) is 0 Å². The predicted molar refractivity (Wildman–Crippen MR) is 73.8 cm³/mol. The Morgan fingerprint density at radius 3 is 2.90 bits per heavy atom. The average molecular weight is 279 g/mol. The minimum atomic E-state index is -0.655. The lowest BCUT2D eigenvalue weighted by Gasteiger charge is -2.10. The molecule has 1 fully saturated rings. The van der Waals surface area contributed by atoms with Gasteiger partial charge in [0.2, 0.25) is 11.8 Å². The minimum absolute atomic E-state index is 0.00385. The standard InChI is InChI=1S/C14H18FN3O2/c15-11-3-2-10(14(16)20)7-12(11)18-13(19)4-1-9-5-6-17-8-9/h2-3,7,9,17H,1,4-6,8H2,(H2,16,20)(H,18,19). The quantitative estimate of drug-likeness (QED) is 0.758. The van der Waals surface area contributed by atoms with Crippen LogP contribution in [-0.4, -0.2) is 24.9 Å². The van der Waals surface area contributed by atoms with E-state index in [0.29, 0.717) is 12.3 Å². The third-order valence-electron chi connectivity index (χ3n) is 3.47. The maximum Gasteiger partial charge on any atom is 0.248 e. The molecule has 0 spiro atoms. The van der Waals surface area contributed by atoms with Crippen LogP contribution in [0, 0.1) is 11.7 Å². The van der Waals surface area contributed by atoms with Crippen molar-refractivity contribution >= 4 is 17.5 Å². The predicted octanol–water partition coefficient (Wildman–Crippen LogP) is 1.25. The van der Waals surface area contributed by atoms with Gasteiger partial charge in [0.25, 0.3) is 0 Å². The monoisotopic (exact) mass is 279 g/mol. The van der Waals surface area contributed by atoms with Gasteiger partial charge in [0, 0.05) is 12.0 Å². The van der Waals surface area contributed by atoms with E-state index in [1.807, 2.05) is 0 Å². The molecule has 5 nitrogen and oxygen atoms in total. The van der Waals surface area contributed by atoms with Crippen molar-refractivity contribution in [1.82, 2.24) is 5.32 Å². The van der Waals surface area contributed by atoms with Gasteiger partial charge in [-0.1, -0.05) is 0 Å². The van der Waals surface area contributed by atoms with Crippen LogP contribution in [0.1, 0.15) is 29.6 Å². The van der Waals surface area contributed by atoms with Crippen molar-refractivity contribution in [3.8, 4) is 0 Å². The third-order valence-corrected chi connectivity index (χ3v) is 3.47. The number of carbonyl (C=O) groups is 2. The van der Waals surface area contributed by atoms with Gasteiger partial charge in [0.1, 0.15) is 5.82 Å².